The van der Waals surface area contributed by atoms with Gasteiger partial charge in [0.25, 0.3) is 0 Å². The summed E-state index contributed by atoms with van der Waals surface area (Å²) in [7, 11) is 0. The van der Waals surface area contributed by atoms with Crippen LogP contribution in [0.15, 0.2) is 36.4 Å². The molecule has 1 unspecified atom stereocenters. The lowest BCUT2D eigenvalue weighted by molar-refractivity contribution is 0.762. The zero-order valence-corrected chi connectivity index (χ0v) is 11.8. The number of aryl methyl sites for hydroxylation is 1. The summed E-state index contributed by atoms with van der Waals surface area (Å²) in [4.78, 5) is 0. The highest BCUT2D eigenvalue weighted by Crippen LogP contribution is 2.38. The summed E-state index contributed by atoms with van der Waals surface area (Å²) in [5.41, 5.74) is 10.0. The van der Waals surface area contributed by atoms with Crippen LogP contribution in [0.3, 0.4) is 0 Å². The molecule has 0 heterocycles. The van der Waals surface area contributed by atoms with Gasteiger partial charge in [0.1, 0.15) is 0 Å². The standard InChI is InChI=1S/C15H14Cl2N2/c16-12-2-1-3-13(17)15(12)19-14-7-4-9-8-10(18)5-6-11(9)14/h1-3,5-6,8,14,19H,4,7,18H2. The summed E-state index contributed by atoms with van der Waals surface area (Å²) in [6.07, 6.45) is 2.06. The van der Waals surface area contributed by atoms with Crippen molar-refractivity contribution in [2.24, 2.45) is 0 Å². The van der Waals surface area contributed by atoms with Gasteiger partial charge in [-0.15, -0.1) is 0 Å². The molecule has 0 aromatic heterocycles. The van der Waals surface area contributed by atoms with E-state index >= 15 is 0 Å². The first kappa shape index (κ1) is 12.6. The summed E-state index contributed by atoms with van der Waals surface area (Å²) in [6, 6.07) is 11.8. The lowest BCUT2D eigenvalue weighted by Crippen LogP contribution is -2.08. The van der Waals surface area contributed by atoms with E-state index in [1.807, 2.05) is 30.3 Å². The maximum Gasteiger partial charge on any atom is 0.0723 e. The highest BCUT2D eigenvalue weighted by atomic mass is 35.5. The molecule has 3 rings (SSSR count). The summed E-state index contributed by atoms with van der Waals surface area (Å²) >= 11 is 12.4. The van der Waals surface area contributed by atoms with E-state index in [1.54, 1.807) is 0 Å². The second-order valence-electron chi connectivity index (χ2n) is 4.79. The first-order valence-electron chi connectivity index (χ1n) is 6.24. The largest absolute Gasteiger partial charge is 0.399 e. The van der Waals surface area contributed by atoms with Crippen LogP contribution in [0.2, 0.25) is 10.0 Å². The van der Waals surface area contributed by atoms with Crippen molar-refractivity contribution in [1.29, 1.82) is 0 Å². The third-order valence-electron chi connectivity index (χ3n) is 3.53. The Morgan fingerprint density at radius 1 is 1.11 bits per heavy atom. The highest BCUT2D eigenvalue weighted by Gasteiger charge is 2.23. The molecule has 1 aliphatic rings. The topological polar surface area (TPSA) is 38.0 Å². The number of halogens is 2. The third kappa shape index (κ3) is 2.38. The van der Waals surface area contributed by atoms with Crippen LogP contribution in [0.1, 0.15) is 23.6 Å². The summed E-state index contributed by atoms with van der Waals surface area (Å²) in [5, 5.41) is 4.75. The van der Waals surface area contributed by atoms with Gasteiger partial charge in [-0.25, -0.2) is 0 Å². The molecule has 19 heavy (non-hydrogen) atoms. The normalized spacial score (nSPS) is 17.3. The van der Waals surface area contributed by atoms with E-state index in [9.17, 15) is 0 Å². The van der Waals surface area contributed by atoms with E-state index < -0.39 is 0 Å². The molecule has 4 heteroatoms. The van der Waals surface area contributed by atoms with Gasteiger partial charge >= 0.3 is 0 Å². The number of benzene rings is 2. The van der Waals surface area contributed by atoms with Gasteiger partial charge in [-0.1, -0.05) is 35.3 Å². The van der Waals surface area contributed by atoms with Gasteiger partial charge in [-0.2, -0.15) is 0 Å². The van der Waals surface area contributed by atoms with Crippen LogP contribution in [-0.2, 0) is 6.42 Å². The smallest absolute Gasteiger partial charge is 0.0723 e. The van der Waals surface area contributed by atoms with Crippen molar-refractivity contribution in [2.45, 2.75) is 18.9 Å². The van der Waals surface area contributed by atoms with Crippen LogP contribution in [0.4, 0.5) is 11.4 Å². The van der Waals surface area contributed by atoms with Gasteiger partial charge in [0.05, 0.1) is 21.8 Å². The molecule has 0 aliphatic heterocycles. The number of hydrogen-bond donors (Lipinski definition) is 2. The molecule has 2 aromatic carbocycles. The first-order chi connectivity index (χ1) is 9.15. The Morgan fingerprint density at radius 3 is 2.58 bits per heavy atom. The van der Waals surface area contributed by atoms with Crippen LogP contribution in [0.5, 0.6) is 0 Å². The zero-order chi connectivity index (χ0) is 13.4. The van der Waals surface area contributed by atoms with Crippen molar-refractivity contribution in [3.63, 3.8) is 0 Å². The lowest BCUT2D eigenvalue weighted by Gasteiger charge is -2.18. The first-order valence-corrected chi connectivity index (χ1v) is 6.99. The Labute approximate surface area is 122 Å². The van der Waals surface area contributed by atoms with E-state index in [1.165, 1.54) is 11.1 Å². The van der Waals surface area contributed by atoms with Gasteiger partial charge in [-0.3, -0.25) is 0 Å². The molecule has 1 aliphatic carbocycles. The average molecular weight is 293 g/mol. The van der Waals surface area contributed by atoms with Gasteiger partial charge in [0.15, 0.2) is 0 Å². The SMILES string of the molecule is Nc1ccc2c(c1)CCC2Nc1c(Cl)cccc1Cl. The Morgan fingerprint density at radius 2 is 1.84 bits per heavy atom. The summed E-state index contributed by atoms with van der Waals surface area (Å²) in [6.45, 7) is 0. The fourth-order valence-corrected chi connectivity index (χ4v) is 3.10. The van der Waals surface area contributed by atoms with Crippen molar-refractivity contribution in [3.8, 4) is 0 Å². The minimum Gasteiger partial charge on any atom is -0.399 e. The molecule has 2 nitrogen and oxygen atoms in total. The van der Waals surface area contributed by atoms with Crippen LogP contribution < -0.4 is 11.1 Å². The molecule has 98 valence electrons. The van der Waals surface area contributed by atoms with E-state index in [2.05, 4.69) is 11.4 Å². The zero-order valence-electron chi connectivity index (χ0n) is 10.3. The van der Waals surface area contributed by atoms with Gasteiger partial charge in [0, 0.05) is 5.69 Å². The third-order valence-corrected chi connectivity index (χ3v) is 4.16. The van der Waals surface area contributed by atoms with E-state index in [0.29, 0.717) is 10.0 Å². The molecule has 0 saturated carbocycles. The quantitative estimate of drug-likeness (QED) is 0.789. The number of nitrogens with two attached hydrogens (primary N) is 1. The number of fused-ring (bicyclic) bond motifs is 1. The Hall–Kier alpha value is -1.38. The second kappa shape index (κ2) is 4.95. The molecule has 0 amide bonds. The number of anilines is 2. The molecule has 2 aromatic rings. The van der Waals surface area contributed by atoms with E-state index in [0.717, 1.165) is 24.2 Å². The van der Waals surface area contributed by atoms with E-state index in [4.69, 9.17) is 28.9 Å². The van der Waals surface area contributed by atoms with Crippen molar-refractivity contribution >= 4 is 34.6 Å². The molecule has 0 bridgehead atoms. The molecule has 0 fully saturated rings. The fourth-order valence-electron chi connectivity index (χ4n) is 2.60. The predicted octanol–water partition coefficient (Wildman–Crippen LogP) is 4.68. The van der Waals surface area contributed by atoms with Crippen LogP contribution in [0, 0.1) is 0 Å². The van der Waals surface area contributed by atoms with Crippen molar-refractivity contribution < 1.29 is 0 Å². The van der Waals surface area contributed by atoms with Gasteiger partial charge < -0.3 is 11.1 Å². The van der Waals surface area contributed by atoms with Gasteiger partial charge in [0.2, 0.25) is 0 Å². The Kier molecular flexibility index (Phi) is 3.29. The number of hydrogen-bond acceptors (Lipinski definition) is 2. The second-order valence-corrected chi connectivity index (χ2v) is 5.60. The van der Waals surface area contributed by atoms with Gasteiger partial charge in [-0.05, 0) is 48.2 Å². The van der Waals surface area contributed by atoms with Crippen molar-refractivity contribution in [1.82, 2.24) is 0 Å². The summed E-state index contributed by atoms with van der Waals surface area (Å²) < 4.78 is 0. The molecule has 0 radical (unpaired) electrons. The Bertz CT molecular complexity index is 605. The Balaban J connectivity index is 1.91. The van der Waals surface area contributed by atoms with Crippen LogP contribution >= 0.6 is 23.2 Å². The number of para-hydroxylation sites is 1. The fraction of sp³-hybridized carbons (Fsp3) is 0.200. The minimum absolute atomic E-state index is 0.244. The summed E-state index contributed by atoms with van der Waals surface area (Å²) in [5.74, 6) is 0. The predicted molar refractivity (Wildman–Crippen MR) is 82.0 cm³/mol. The molecular formula is C15H14Cl2N2. The monoisotopic (exact) mass is 292 g/mol. The molecule has 0 spiro atoms. The van der Waals surface area contributed by atoms with Crippen molar-refractivity contribution in [3.05, 3.63) is 57.6 Å². The van der Waals surface area contributed by atoms with E-state index in [-0.39, 0.29) is 6.04 Å². The molecule has 0 saturated heterocycles. The average Bonchev–Trinajstić information content (AvgIpc) is 2.76. The van der Waals surface area contributed by atoms with Crippen LogP contribution in [0.25, 0.3) is 0 Å². The molecular weight excluding hydrogens is 279 g/mol. The lowest BCUT2D eigenvalue weighted by atomic mass is 10.1. The minimum atomic E-state index is 0.244. The van der Waals surface area contributed by atoms with Crippen LogP contribution in [-0.4, -0.2) is 0 Å². The molecule has 1 atom stereocenters. The highest BCUT2D eigenvalue weighted by molar-refractivity contribution is 6.39. The number of rotatable bonds is 2. The number of nitrogens with one attached hydrogen (secondary N) is 1. The molecule has 3 N–H and O–H groups in total. The maximum atomic E-state index is 6.19. The van der Waals surface area contributed by atoms with Crippen molar-refractivity contribution in [2.75, 3.05) is 11.1 Å². The maximum absolute atomic E-state index is 6.19. The number of nitrogen functional groups attached to an aromatic ring is 1.